The molecule has 0 bridgehead atoms. The molecule has 4 rings (SSSR count). The van der Waals surface area contributed by atoms with Gasteiger partial charge < -0.3 is 24.8 Å². The summed E-state index contributed by atoms with van der Waals surface area (Å²) in [5, 5.41) is 0. The number of nitrogens with two attached hydrogens (primary N) is 1. The summed E-state index contributed by atoms with van der Waals surface area (Å²) in [4.78, 5) is 13.9. The van der Waals surface area contributed by atoms with E-state index in [0.29, 0.717) is 11.5 Å². The largest absolute Gasteiger partial charge is 0.497 e. The molecule has 2 aromatic rings. The maximum atomic E-state index is 12.2. The minimum atomic E-state index is -0.558. The quantitative estimate of drug-likeness (QED) is 0.875. The molecule has 1 saturated heterocycles. The first kappa shape index (κ1) is 13.9. The minimum Gasteiger partial charge on any atom is -0.497 e. The van der Waals surface area contributed by atoms with Gasteiger partial charge in [-0.1, -0.05) is 6.07 Å². The lowest BCUT2D eigenvalue weighted by Crippen LogP contribution is -2.63. The molecule has 0 spiro atoms. The van der Waals surface area contributed by atoms with Crippen LogP contribution in [0.15, 0.2) is 42.5 Å². The van der Waals surface area contributed by atoms with E-state index in [4.69, 9.17) is 19.9 Å². The van der Waals surface area contributed by atoms with Gasteiger partial charge in [-0.2, -0.15) is 0 Å². The predicted octanol–water partition coefficient (Wildman–Crippen LogP) is 1.84. The third-order valence-corrected chi connectivity index (χ3v) is 4.23. The molecule has 0 aromatic heterocycles. The van der Waals surface area contributed by atoms with Crippen molar-refractivity contribution in [1.29, 1.82) is 0 Å². The zero-order chi connectivity index (χ0) is 16.0. The number of anilines is 1. The topological polar surface area (TPSA) is 74.0 Å². The second-order valence-electron chi connectivity index (χ2n) is 5.49. The SMILES string of the molecule is COc1ccc(N2C(=O)[C@H](N)[C@@H]2c2ccc3c(c2)OCO3)cc1. The van der Waals surface area contributed by atoms with E-state index in [-0.39, 0.29) is 18.7 Å². The van der Waals surface area contributed by atoms with Crippen molar-refractivity contribution in [3.05, 3.63) is 48.0 Å². The normalized spacial score (nSPS) is 22.0. The van der Waals surface area contributed by atoms with E-state index in [2.05, 4.69) is 0 Å². The van der Waals surface area contributed by atoms with Gasteiger partial charge in [-0.15, -0.1) is 0 Å². The fourth-order valence-electron chi connectivity index (χ4n) is 3.00. The number of fused-ring (bicyclic) bond motifs is 1. The van der Waals surface area contributed by atoms with Gasteiger partial charge in [0.2, 0.25) is 12.7 Å². The smallest absolute Gasteiger partial charge is 0.247 e. The third kappa shape index (κ3) is 2.10. The fraction of sp³-hybridized carbons (Fsp3) is 0.235. The Kier molecular flexibility index (Phi) is 3.12. The fourth-order valence-corrected chi connectivity index (χ4v) is 3.00. The number of rotatable bonds is 3. The number of β-lactam (4-membered cyclic amide) rings is 1. The lowest BCUT2D eigenvalue weighted by molar-refractivity contribution is -0.126. The molecule has 0 radical (unpaired) electrons. The van der Waals surface area contributed by atoms with Crippen LogP contribution in [-0.4, -0.2) is 25.9 Å². The van der Waals surface area contributed by atoms with Crippen molar-refractivity contribution < 1.29 is 19.0 Å². The summed E-state index contributed by atoms with van der Waals surface area (Å²) in [5.41, 5.74) is 7.76. The van der Waals surface area contributed by atoms with Crippen LogP contribution in [0.3, 0.4) is 0 Å². The summed E-state index contributed by atoms with van der Waals surface area (Å²) in [6, 6.07) is 12.2. The predicted molar refractivity (Wildman–Crippen MR) is 83.8 cm³/mol. The van der Waals surface area contributed by atoms with Crippen LogP contribution in [0, 0.1) is 0 Å². The second-order valence-corrected chi connectivity index (χ2v) is 5.49. The van der Waals surface area contributed by atoms with Crippen molar-refractivity contribution in [2.75, 3.05) is 18.8 Å². The zero-order valence-corrected chi connectivity index (χ0v) is 12.6. The summed E-state index contributed by atoms with van der Waals surface area (Å²) in [6.45, 7) is 0.219. The number of hydrogen-bond donors (Lipinski definition) is 1. The summed E-state index contributed by atoms with van der Waals surface area (Å²) < 4.78 is 15.9. The van der Waals surface area contributed by atoms with Gasteiger partial charge in [0.25, 0.3) is 0 Å². The Morgan fingerprint density at radius 3 is 2.61 bits per heavy atom. The molecule has 2 N–H and O–H groups in total. The van der Waals surface area contributed by atoms with Crippen LogP contribution < -0.4 is 24.8 Å². The summed E-state index contributed by atoms with van der Waals surface area (Å²) in [7, 11) is 1.61. The molecule has 6 nitrogen and oxygen atoms in total. The van der Waals surface area contributed by atoms with Gasteiger partial charge in [0, 0.05) is 5.69 Å². The van der Waals surface area contributed by atoms with Crippen molar-refractivity contribution in [2.24, 2.45) is 5.73 Å². The Bertz CT molecular complexity index is 760. The van der Waals surface area contributed by atoms with Crippen molar-refractivity contribution in [2.45, 2.75) is 12.1 Å². The van der Waals surface area contributed by atoms with E-state index < -0.39 is 6.04 Å². The standard InChI is InChI=1S/C17H16N2O4/c1-21-12-5-3-11(4-6-12)19-16(15(18)17(19)20)10-2-7-13-14(8-10)23-9-22-13/h2-8,15-16H,9,18H2,1H3/t15-,16+/m1/s1. The summed E-state index contributed by atoms with van der Waals surface area (Å²) in [6.07, 6.45) is 0. The van der Waals surface area contributed by atoms with Crippen LogP contribution in [-0.2, 0) is 4.79 Å². The Labute approximate surface area is 133 Å². The number of ether oxygens (including phenoxy) is 3. The Morgan fingerprint density at radius 2 is 1.87 bits per heavy atom. The molecule has 6 heteroatoms. The highest BCUT2D eigenvalue weighted by atomic mass is 16.7. The highest BCUT2D eigenvalue weighted by Crippen LogP contribution is 2.42. The van der Waals surface area contributed by atoms with Crippen LogP contribution in [0.5, 0.6) is 17.2 Å². The van der Waals surface area contributed by atoms with Crippen molar-refractivity contribution in [1.82, 2.24) is 0 Å². The van der Waals surface area contributed by atoms with E-state index in [0.717, 1.165) is 17.0 Å². The molecule has 1 fully saturated rings. The first-order valence-electron chi connectivity index (χ1n) is 7.31. The molecule has 2 aromatic carbocycles. The number of amides is 1. The maximum Gasteiger partial charge on any atom is 0.247 e. The van der Waals surface area contributed by atoms with Crippen LogP contribution in [0.2, 0.25) is 0 Å². The van der Waals surface area contributed by atoms with Crippen molar-refractivity contribution in [3.8, 4) is 17.2 Å². The van der Waals surface area contributed by atoms with Crippen LogP contribution in [0.1, 0.15) is 11.6 Å². The highest BCUT2D eigenvalue weighted by molar-refractivity contribution is 6.05. The molecule has 118 valence electrons. The van der Waals surface area contributed by atoms with E-state index in [1.807, 2.05) is 42.5 Å². The lowest BCUT2D eigenvalue weighted by Gasteiger charge is -2.45. The van der Waals surface area contributed by atoms with Crippen LogP contribution in [0.25, 0.3) is 0 Å². The van der Waals surface area contributed by atoms with Gasteiger partial charge in [-0.05, 0) is 42.0 Å². The molecule has 2 aliphatic heterocycles. The maximum absolute atomic E-state index is 12.2. The van der Waals surface area contributed by atoms with Gasteiger partial charge in [-0.25, -0.2) is 0 Å². The van der Waals surface area contributed by atoms with Gasteiger partial charge in [0.15, 0.2) is 11.5 Å². The number of methoxy groups -OCH3 is 1. The molecule has 0 aliphatic carbocycles. The van der Waals surface area contributed by atoms with Crippen molar-refractivity contribution in [3.63, 3.8) is 0 Å². The number of benzene rings is 2. The van der Waals surface area contributed by atoms with Crippen molar-refractivity contribution >= 4 is 11.6 Å². The van der Waals surface area contributed by atoms with E-state index in [9.17, 15) is 4.79 Å². The second kappa shape index (κ2) is 5.17. The molecule has 23 heavy (non-hydrogen) atoms. The lowest BCUT2D eigenvalue weighted by atomic mass is 9.88. The van der Waals surface area contributed by atoms with E-state index >= 15 is 0 Å². The third-order valence-electron chi connectivity index (χ3n) is 4.23. The molecule has 2 heterocycles. The Morgan fingerprint density at radius 1 is 1.13 bits per heavy atom. The number of nitrogens with zero attached hydrogens (tertiary/aromatic N) is 1. The first-order valence-corrected chi connectivity index (χ1v) is 7.31. The average Bonchev–Trinajstić information content (AvgIpc) is 3.06. The molecule has 0 unspecified atom stereocenters. The average molecular weight is 312 g/mol. The summed E-state index contributed by atoms with van der Waals surface area (Å²) >= 11 is 0. The molecular weight excluding hydrogens is 296 g/mol. The highest BCUT2D eigenvalue weighted by Gasteiger charge is 2.47. The van der Waals surface area contributed by atoms with Gasteiger partial charge in [-0.3, -0.25) is 4.79 Å². The van der Waals surface area contributed by atoms with Crippen LogP contribution >= 0.6 is 0 Å². The number of carbonyl (C=O) groups excluding carboxylic acids is 1. The van der Waals surface area contributed by atoms with Crippen LogP contribution in [0.4, 0.5) is 5.69 Å². The molecule has 2 aliphatic rings. The first-order chi connectivity index (χ1) is 11.2. The number of carbonyl (C=O) groups is 1. The Hall–Kier alpha value is -2.73. The van der Waals surface area contributed by atoms with Gasteiger partial charge in [0.1, 0.15) is 11.8 Å². The van der Waals surface area contributed by atoms with Gasteiger partial charge in [0.05, 0.1) is 13.2 Å². The molecule has 0 saturated carbocycles. The summed E-state index contributed by atoms with van der Waals surface area (Å²) in [5.74, 6) is 2.04. The molecule has 2 atom stereocenters. The Balaban J connectivity index is 1.67. The zero-order valence-electron chi connectivity index (χ0n) is 12.6. The minimum absolute atomic E-state index is 0.0992. The number of hydrogen-bond acceptors (Lipinski definition) is 5. The van der Waals surface area contributed by atoms with E-state index in [1.54, 1.807) is 12.0 Å². The molecular formula is C17H16N2O4. The van der Waals surface area contributed by atoms with Gasteiger partial charge >= 0.3 is 0 Å². The monoisotopic (exact) mass is 312 g/mol. The molecule has 1 amide bonds. The van der Waals surface area contributed by atoms with E-state index in [1.165, 1.54) is 0 Å².